The van der Waals surface area contributed by atoms with Crippen LogP contribution in [0.2, 0.25) is 10.0 Å². The van der Waals surface area contributed by atoms with E-state index in [0.29, 0.717) is 26.7 Å². The zero-order chi connectivity index (χ0) is 84.4. The van der Waals surface area contributed by atoms with Crippen molar-refractivity contribution in [3.05, 3.63) is 145 Å². The van der Waals surface area contributed by atoms with E-state index >= 15 is 0 Å². The fraction of sp³-hybridized carbons (Fsp3) is 0.487. The van der Waals surface area contributed by atoms with Crippen LogP contribution in [0.4, 0.5) is 0 Å². The molecule has 0 bridgehead atoms. The van der Waals surface area contributed by atoms with Gasteiger partial charge in [0.25, 0.3) is 0 Å². The van der Waals surface area contributed by atoms with Crippen LogP contribution in [0.3, 0.4) is 0 Å². The molecule has 0 N–H and O–H groups in total. The first-order valence-electron chi connectivity index (χ1n) is 35.4. The zero-order valence-electron chi connectivity index (χ0n) is 68.4. The molecule has 8 aromatic rings. The Morgan fingerprint density at radius 1 is 0.455 bits per heavy atom. The summed E-state index contributed by atoms with van der Waals surface area (Å²) in [7, 11) is 0.875. The van der Waals surface area contributed by atoms with Crippen molar-refractivity contribution in [3.8, 4) is 11.1 Å². The number of fused-ring (bicyclic) bond motifs is 3. The van der Waals surface area contributed by atoms with Gasteiger partial charge in [-0.3, -0.25) is 38.7 Å². The van der Waals surface area contributed by atoms with Crippen LogP contribution in [-0.2, 0) is 139 Å². The van der Waals surface area contributed by atoms with Crippen LogP contribution >= 0.6 is 68.6 Å². The highest BCUT2D eigenvalue weighted by molar-refractivity contribution is 9.10. The standard InChI is InChI=1S/C22H30BNO5.C22H23ClN2O3.C16H18BrNO3.C12H24B2O4.C6H5BrClN.S4.S2.H2S/c1-14(25)17-12-24(13-19(26)27-20(2,3)4)18-10-9-15(11-16(17)18)23-28-21(5,6)22(7,8)29-23;1-13-19(23)9-16(10-24-13)15-6-7-20-17(8-15)18(14(2)26)11-25(20)12-21(27)28-22(3,4)5;1-10(19)13-8-18(9-15(20)21-16(2,3)4)14-6-5-11(17)7-12(13)14;1-9(2)10(3,4)16-13(15-9)14-17-11(5,6)12(7,8)18-14;1-4-6(8)2-5(7)3-9-4;1-3-4-2;1-2;/h9-12H,13H2,1-8H3;6-11H,12H2,1-5H3;5-8H,9H2,1-4H3;1-8H3;2-3H,1H3;;;1H2. The summed E-state index contributed by atoms with van der Waals surface area (Å²) in [5.74, 6) is -1.18. The lowest BCUT2D eigenvalue weighted by Crippen LogP contribution is -2.41. The van der Waals surface area contributed by atoms with Gasteiger partial charge in [-0.1, -0.05) is 57.3 Å². The van der Waals surface area contributed by atoms with Gasteiger partial charge < -0.3 is 55.8 Å². The highest BCUT2D eigenvalue weighted by Gasteiger charge is 2.64. The molecular weight excluding hydrogens is 1730 g/mol. The van der Waals surface area contributed by atoms with Crippen LogP contribution in [0.1, 0.15) is 209 Å². The topological polar surface area (TPSA) is 226 Å². The number of carbonyl (C=O) groups is 6. The molecule has 34 heteroatoms. The van der Waals surface area contributed by atoms with E-state index < -0.39 is 49.1 Å². The number of benzene rings is 3. The minimum absolute atomic E-state index is 0. The number of aromatic nitrogens is 5. The third-order valence-corrected chi connectivity index (χ3v) is 22.5. The molecule has 112 heavy (non-hydrogen) atoms. The number of esters is 3. The number of hydrogen-bond donors (Lipinski definition) is 0. The Bertz CT molecular complexity index is 4760. The van der Waals surface area contributed by atoms with Crippen LogP contribution in [0.15, 0.2) is 107 Å². The largest absolute Gasteiger partial charge is 0.494 e. The summed E-state index contributed by atoms with van der Waals surface area (Å²) in [6.07, 6.45) is 8.62. The van der Waals surface area contributed by atoms with Crippen molar-refractivity contribution >= 4 is 226 Å². The number of ketones is 3. The summed E-state index contributed by atoms with van der Waals surface area (Å²) in [6.45, 7) is 49.1. The van der Waals surface area contributed by atoms with E-state index in [0.717, 1.165) is 69.6 Å². The lowest BCUT2D eigenvalue weighted by molar-refractivity contribution is -0.156. The summed E-state index contributed by atoms with van der Waals surface area (Å²) in [6, 6.07) is 20.8. The SMILES string of the molecule is CC(=O)c1cn(CC(=O)OC(C)(C)C)c2ccc(-c3cnc(C)c(Cl)c3)cc12.CC(=O)c1cn(CC(=O)OC(C)(C)C)c2ccc(B3OC(C)(C)C(C)(C)O3)cc12.CC(=O)c1cn(CC(=O)OC(C)(C)C)c2ccc(Br)cc12.CC1(C)OB(B2OC(C)(C)C(C)(C)O2)OC1(C)C.Cc1ncc(Br)cc1Cl.S.S=S.S=S=S=S. The minimum Gasteiger partial charge on any atom is -0.459 e. The molecule has 3 aliphatic heterocycles. The molecule has 0 spiro atoms. The van der Waals surface area contributed by atoms with Crippen molar-refractivity contribution in [2.24, 2.45) is 0 Å². The summed E-state index contributed by atoms with van der Waals surface area (Å²) >= 11 is 34.6. The number of aryl methyl sites for hydroxylation is 2. The first-order valence-corrected chi connectivity index (χ1v) is 43.0. The minimum atomic E-state index is -0.562. The van der Waals surface area contributed by atoms with Gasteiger partial charge in [-0.25, -0.2) is 0 Å². The molecule has 0 aliphatic carbocycles. The Hall–Kier alpha value is -4.84. The molecular formula is C78H102B3Br2Cl2N5O15S7. The Kier molecular flexibility index (Phi) is 35.6. The van der Waals surface area contributed by atoms with E-state index in [9.17, 15) is 28.8 Å². The van der Waals surface area contributed by atoms with Gasteiger partial charge in [0, 0.05) is 157 Å². The average molecular weight is 1840 g/mol. The first kappa shape index (κ1) is 99.5. The number of rotatable bonds is 12. The van der Waals surface area contributed by atoms with Crippen molar-refractivity contribution in [2.45, 2.75) is 250 Å². The van der Waals surface area contributed by atoms with Gasteiger partial charge in [-0.15, -0.1) is 0 Å². The Morgan fingerprint density at radius 3 is 1.09 bits per heavy atom. The molecule has 5 aromatic heterocycles. The highest BCUT2D eigenvalue weighted by atomic mass is 79.9. The van der Waals surface area contributed by atoms with E-state index in [4.69, 9.17) is 65.3 Å². The number of Topliss-reactive ketones (excluding diaryl/α,β-unsaturated/α-hetero) is 3. The summed E-state index contributed by atoms with van der Waals surface area (Å²) < 4.78 is 59.4. The molecule has 0 amide bonds. The molecule has 3 saturated heterocycles. The molecule has 0 unspecified atom stereocenters. The Balaban J connectivity index is 0.000000299. The number of nitrogens with zero attached hydrogens (tertiary/aromatic N) is 5. The second-order valence-electron chi connectivity index (χ2n) is 32.6. The fourth-order valence-electron chi connectivity index (χ4n) is 11.1. The smallest absolute Gasteiger partial charge is 0.459 e. The zero-order valence-corrected chi connectivity index (χ0v) is 79.0. The van der Waals surface area contributed by atoms with Crippen LogP contribution in [0, 0.1) is 13.8 Å². The maximum atomic E-state index is 12.3. The van der Waals surface area contributed by atoms with E-state index in [-0.39, 0.29) is 90.8 Å². The van der Waals surface area contributed by atoms with Crippen LogP contribution < -0.4 is 5.46 Å². The number of hydrogen-bond acceptors (Lipinski definition) is 21. The quantitative estimate of drug-likeness (QED) is 0.0479. The molecule has 3 aliphatic rings. The van der Waals surface area contributed by atoms with Crippen LogP contribution in [0.25, 0.3) is 43.8 Å². The fourth-order valence-corrected chi connectivity index (χ4v) is 12.3. The summed E-state index contributed by atoms with van der Waals surface area (Å²) in [5, 5.41) is 3.68. The predicted molar refractivity (Wildman–Crippen MR) is 478 cm³/mol. The van der Waals surface area contributed by atoms with Gasteiger partial charge in [-0.05, 0) is 256 Å². The van der Waals surface area contributed by atoms with Crippen molar-refractivity contribution in [1.29, 1.82) is 0 Å². The average Bonchev–Trinajstić information content (AvgIpc) is 1.60. The number of halogens is 4. The van der Waals surface area contributed by atoms with E-state index in [2.05, 4.69) is 86.6 Å². The summed E-state index contributed by atoms with van der Waals surface area (Å²) in [4.78, 5) is 81.0. The molecule has 608 valence electrons. The Labute approximate surface area is 719 Å². The molecule has 8 heterocycles. The second-order valence-corrected chi connectivity index (χ2v) is 38.8. The highest BCUT2D eigenvalue weighted by Crippen LogP contribution is 2.44. The molecule has 20 nitrogen and oxygen atoms in total. The van der Waals surface area contributed by atoms with E-state index in [1.807, 2.05) is 226 Å². The van der Waals surface area contributed by atoms with Crippen molar-refractivity contribution < 1.29 is 70.9 Å². The molecule has 3 fully saturated rings. The number of pyridine rings is 2. The first-order chi connectivity index (χ1) is 50.9. The van der Waals surface area contributed by atoms with Gasteiger partial charge in [-0.2, -0.15) is 13.5 Å². The number of ether oxygens (including phenoxy) is 3. The second kappa shape index (κ2) is 40.1. The normalized spacial score (nSPS) is 16.0. The van der Waals surface area contributed by atoms with E-state index in [1.54, 1.807) is 44.7 Å². The molecule has 11 rings (SSSR count). The van der Waals surface area contributed by atoms with Gasteiger partial charge >= 0.3 is 39.0 Å². The monoisotopic (exact) mass is 1830 g/mol. The van der Waals surface area contributed by atoms with Crippen molar-refractivity contribution in [3.63, 3.8) is 0 Å². The van der Waals surface area contributed by atoms with Gasteiger partial charge in [0.15, 0.2) is 17.3 Å². The molecule has 3 aromatic carbocycles. The van der Waals surface area contributed by atoms with Crippen molar-refractivity contribution in [2.75, 3.05) is 0 Å². The maximum Gasteiger partial charge on any atom is 0.494 e. The maximum absolute atomic E-state index is 12.3. The molecule has 0 radical (unpaired) electrons. The van der Waals surface area contributed by atoms with Gasteiger partial charge in [0.1, 0.15) is 36.4 Å². The van der Waals surface area contributed by atoms with Crippen LogP contribution in [0.5, 0.6) is 0 Å². The Morgan fingerprint density at radius 2 is 0.768 bits per heavy atom. The lowest BCUT2D eigenvalue weighted by Gasteiger charge is -2.32. The number of carbonyl (C=O) groups excluding carboxylic acids is 6. The third kappa shape index (κ3) is 27.1. The van der Waals surface area contributed by atoms with Crippen LogP contribution in [-0.4, -0.2) is 130 Å². The van der Waals surface area contributed by atoms with Crippen molar-refractivity contribution in [1.82, 2.24) is 23.7 Å². The third-order valence-electron chi connectivity index (χ3n) is 18.6. The van der Waals surface area contributed by atoms with Gasteiger partial charge in [0.05, 0.1) is 55.0 Å². The summed E-state index contributed by atoms with van der Waals surface area (Å²) in [5.41, 5.74) is 4.42. The lowest BCUT2D eigenvalue weighted by atomic mass is 9.49. The predicted octanol–water partition coefficient (Wildman–Crippen LogP) is 17.8. The molecule has 0 saturated carbocycles. The molecule has 0 atom stereocenters. The van der Waals surface area contributed by atoms with Gasteiger partial charge in [0.2, 0.25) is 0 Å². The van der Waals surface area contributed by atoms with E-state index in [1.165, 1.54) is 38.5 Å².